The Morgan fingerprint density at radius 2 is 2.50 bits per heavy atom. The molecule has 1 aromatic heterocycles. The van der Waals surface area contributed by atoms with Crippen LogP contribution in [0.4, 0.5) is 5.69 Å². The molecule has 2 N–H and O–H groups in total. The number of carboxylic acids is 1. The third kappa shape index (κ3) is 1.57. The minimum absolute atomic E-state index is 0.0664. The molecule has 1 aliphatic carbocycles. The molecule has 1 heterocycles. The minimum atomic E-state index is -0.711. The normalized spacial score (nSPS) is 25.5. The van der Waals surface area contributed by atoms with Crippen molar-refractivity contribution in [2.45, 2.75) is 18.9 Å². The molecule has 76 valence electrons. The number of rotatable bonds is 3. The highest BCUT2D eigenvalue weighted by molar-refractivity contribution is 5.73. The molecule has 2 atom stereocenters. The van der Waals surface area contributed by atoms with Gasteiger partial charge in [-0.15, -0.1) is 0 Å². The first kappa shape index (κ1) is 9.05. The lowest BCUT2D eigenvalue weighted by atomic mass is 9.79. The summed E-state index contributed by atoms with van der Waals surface area (Å²) in [4.78, 5) is 10.7. The summed E-state index contributed by atoms with van der Waals surface area (Å²) in [5.74, 6) is -0.951. The van der Waals surface area contributed by atoms with Crippen LogP contribution in [0.2, 0.25) is 0 Å². The van der Waals surface area contributed by atoms with Gasteiger partial charge in [0.05, 0.1) is 17.8 Å². The molecule has 0 amide bonds. The van der Waals surface area contributed by atoms with Crippen molar-refractivity contribution < 1.29 is 9.90 Å². The van der Waals surface area contributed by atoms with Gasteiger partial charge in [0.2, 0.25) is 0 Å². The number of nitrogens with zero attached hydrogens (tertiary/aromatic N) is 2. The van der Waals surface area contributed by atoms with E-state index < -0.39 is 5.97 Å². The fourth-order valence-electron chi connectivity index (χ4n) is 1.68. The van der Waals surface area contributed by atoms with Gasteiger partial charge in [-0.05, 0) is 12.8 Å². The van der Waals surface area contributed by atoms with Crippen molar-refractivity contribution in [1.29, 1.82) is 0 Å². The maximum atomic E-state index is 10.7. The summed E-state index contributed by atoms with van der Waals surface area (Å²) in [7, 11) is 1.83. The third-order valence-corrected chi connectivity index (χ3v) is 2.65. The standard InChI is InChI=1S/C9H13N3O2/c1-12-5-6(4-10-12)11-8-3-2-7(8)9(13)14/h4-5,7-8,11H,2-3H2,1H3,(H,13,14). The second-order valence-corrected chi connectivity index (χ2v) is 3.68. The molecular weight excluding hydrogens is 182 g/mol. The molecule has 1 saturated carbocycles. The van der Waals surface area contributed by atoms with E-state index in [1.165, 1.54) is 0 Å². The highest BCUT2D eigenvalue weighted by Gasteiger charge is 2.36. The Morgan fingerprint density at radius 3 is 2.93 bits per heavy atom. The van der Waals surface area contributed by atoms with Crippen LogP contribution in [0.25, 0.3) is 0 Å². The van der Waals surface area contributed by atoms with Crippen LogP contribution in [0.1, 0.15) is 12.8 Å². The highest BCUT2D eigenvalue weighted by atomic mass is 16.4. The van der Waals surface area contributed by atoms with Crippen molar-refractivity contribution >= 4 is 11.7 Å². The van der Waals surface area contributed by atoms with E-state index in [1.54, 1.807) is 10.9 Å². The molecule has 0 aromatic carbocycles. The van der Waals surface area contributed by atoms with E-state index in [2.05, 4.69) is 10.4 Å². The van der Waals surface area contributed by atoms with Gasteiger partial charge in [0.1, 0.15) is 0 Å². The Morgan fingerprint density at radius 1 is 1.71 bits per heavy atom. The van der Waals surface area contributed by atoms with Gasteiger partial charge in [-0.1, -0.05) is 0 Å². The van der Waals surface area contributed by atoms with Crippen molar-refractivity contribution in [1.82, 2.24) is 9.78 Å². The summed E-state index contributed by atoms with van der Waals surface area (Å²) in [5, 5.41) is 16.0. The smallest absolute Gasteiger partial charge is 0.308 e. The largest absolute Gasteiger partial charge is 0.481 e. The molecule has 1 fully saturated rings. The van der Waals surface area contributed by atoms with Gasteiger partial charge in [0.25, 0.3) is 0 Å². The van der Waals surface area contributed by atoms with Crippen LogP contribution in [0.15, 0.2) is 12.4 Å². The van der Waals surface area contributed by atoms with Crippen molar-refractivity contribution in [3.05, 3.63) is 12.4 Å². The van der Waals surface area contributed by atoms with Crippen LogP contribution in [0.3, 0.4) is 0 Å². The van der Waals surface area contributed by atoms with Crippen LogP contribution in [0.5, 0.6) is 0 Å². The van der Waals surface area contributed by atoms with Crippen LogP contribution >= 0.6 is 0 Å². The number of carboxylic acid groups (broad SMARTS) is 1. The zero-order valence-electron chi connectivity index (χ0n) is 7.97. The number of aliphatic carboxylic acids is 1. The van der Waals surface area contributed by atoms with Crippen LogP contribution in [0, 0.1) is 5.92 Å². The Labute approximate surface area is 81.7 Å². The molecule has 1 aromatic rings. The van der Waals surface area contributed by atoms with Crippen molar-refractivity contribution in [3.63, 3.8) is 0 Å². The molecule has 0 bridgehead atoms. The van der Waals surface area contributed by atoms with E-state index in [0.717, 1.165) is 18.5 Å². The second kappa shape index (κ2) is 3.32. The summed E-state index contributed by atoms with van der Waals surface area (Å²) in [6.45, 7) is 0. The average molecular weight is 195 g/mol. The summed E-state index contributed by atoms with van der Waals surface area (Å²) in [5.41, 5.74) is 0.892. The van der Waals surface area contributed by atoms with Crippen molar-refractivity contribution in [2.75, 3.05) is 5.32 Å². The van der Waals surface area contributed by atoms with Gasteiger partial charge in [0.15, 0.2) is 0 Å². The first-order chi connectivity index (χ1) is 6.66. The molecule has 0 saturated heterocycles. The quantitative estimate of drug-likeness (QED) is 0.744. The third-order valence-electron chi connectivity index (χ3n) is 2.65. The van der Waals surface area contributed by atoms with Crippen LogP contribution in [-0.4, -0.2) is 26.9 Å². The minimum Gasteiger partial charge on any atom is -0.481 e. The zero-order valence-corrected chi connectivity index (χ0v) is 7.97. The van der Waals surface area contributed by atoms with Gasteiger partial charge >= 0.3 is 5.97 Å². The van der Waals surface area contributed by atoms with E-state index in [4.69, 9.17) is 5.11 Å². The van der Waals surface area contributed by atoms with Gasteiger partial charge in [0, 0.05) is 19.3 Å². The molecule has 2 unspecified atom stereocenters. The number of aromatic nitrogens is 2. The molecule has 14 heavy (non-hydrogen) atoms. The predicted octanol–water partition coefficient (Wildman–Crippen LogP) is 0.695. The molecule has 0 radical (unpaired) electrons. The first-order valence-electron chi connectivity index (χ1n) is 4.65. The molecule has 5 nitrogen and oxygen atoms in total. The van der Waals surface area contributed by atoms with Gasteiger partial charge in [-0.3, -0.25) is 9.48 Å². The lowest BCUT2D eigenvalue weighted by Crippen LogP contribution is -2.42. The van der Waals surface area contributed by atoms with E-state index in [9.17, 15) is 4.79 Å². The van der Waals surface area contributed by atoms with Crippen LogP contribution in [-0.2, 0) is 11.8 Å². The Kier molecular flexibility index (Phi) is 2.15. The van der Waals surface area contributed by atoms with Gasteiger partial charge in [-0.25, -0.2) is 0 Å². The zero-order chi connectivity index (χ0) is 10.1. The number of hydrogen-bond donors (Lipinski definition) is 2. The number of nitrogens with one attached hydrogen (secondary N) is 1. The summed E-state index contributed by atoms with van der Waals surface area (Å²) < 4.78 is 1.69. The monoisotopic (exact) mass is 195 g/mol. The lowest BCUT2D eigenvalue weighted by molar-refractivity contribution is -0.144. The molecule has 2 rings (SSSR count). The average Bonchev–Trinajstić information content (AvgIpc) is 2.44. The number of hydrogen-bond acceptors (Lipinski definition) is 3. The van der Waals surface area contributed by atoms with Crippen LogP contribution < -0.4 is 5.32 Å². The van der Waals surface area contributed by atoms with Gasteiger partial charge in [-0.2, -0.15) is 5.10 Å². The maximum Gasteiger partial charge on any atom is 0.308 e. The van der Waals surface area contributed by atoms with E-state index >= 15 is 0 Å². The molecular formula is C9H13N3O2. The topological polar surface area (TPSA) is 67.2 Å². The first-order valence-corrected chi connectivity index (χ1v) is 4.65. The Hall–Kier alpha value is -1.52. The number of anilines is 1. The number of carbonyl (C=O) groups is 1. The SMILES string of the molecule is Cn1cc(NC2CCC2C(=O)O)cn1. The van der Waals surface area contributed by atoms with E-state index in [0.29, 0.717) is 0 Å². The summed E-state index contributed by atoms with van der Waals surface area (Å²) >= 11 is 0. The molecule has 5 heteroatoms. The Bertz CT molecular complexity index is 348. The Balaban J connectivity index is 1.95. The van der Waals surface area contributed by atoms with Crippen molar-refractivity contribution in [2.24, 2.45) is 13.0 Å². The molecule has 0 spiro atoms. The van der Waals surface area contributed by atoms with E-state index in [1.807, 2.05) is 13.2 Å². The number of aryl methyl sites for hydroxylation is 1. The van der Waals surface area contributed by atoms with E-state index in [-0.39, 0.29) is 12.0 Å². The fraction of sp³-hybridized carbons (Fsp3) is 0.556. The van der Waals surface area contributed by atoms with Gasteiger partial charge < -0.3 is 10.4 Å². The molecule has 1 aliphatic rings. The van der Waals surface area contributed by atoms with Crippen molar-refractivity contribution in [3.8, 4) is 0 Å². The fourth-order valence-corrected chi connectivity index (χ4v) is 1.68. The molecule has 0 aliphatic heterocycles. The maximum absolute atomic E-state index is 10.7. The second-order valence-electron chi connectivity index (χ2n) is 3.68. The summed E-state index contributed by atoms with van der Waals surface area (Å²) in [6.07, 6.45) is 5.24. The lowest BCUT2D eigenvalue weighted by Gasteiger charge is -2.34. The highest BCUT2D eigenvalue weighted by Crippen LogP contribution is 2.30. The predicted molar refractivity (Wildman–Crippen MR) is 51.0 cm³/mol. The summed E-state index contributed by atoms with van der Waals surface area (Å²) in [6, 6.07) is 0.0664.